The number of amides is 1. The fourth-order valence-corrected chi connectivity index (χ4v) is 1.43. The van der Waals surface area contributed by atoms with Crippen LogP contribution in [0.3, 0.4) is 0 Å². The molecule has 1 aliphatic carbocycles. The molecule has 5 nitrogen and oxygen atoms in total. The third kappa shape index (κ3) is 3.71. The molecule has 0 aromatic heterocycles. The first-order chi connectivity index (χ1) is 7.13. The van der Waals surface area contributed by atoms with E-state index >= 15 is 0 Å². The molecular weight excluding hydrogens is 198 g/mol. The van der Waals surface area contributed by atoms with Crippen LogP contribution in [0.4, 0.5) is 0 Å². The number of carbonyl (C=O) groups is 2. The maximum Gasteiger partial charge on any atom is 0.310 e. The number of aliphatic carboxylic acids is 1. The predicted molar refractivity (Wildman–Crippen MR) is 53.3 cm³/mol. The molecule has 1 amide bonds. The first-order valence-electron chi connectivity index (χ1n) is 4.91. The minimum Gasteiger partial charge on any atom is -0.481 e. The van der Waals surface area contributed by atoms with E-state index in [0.29, 0.717) is 13.0 Å². The summed E-state index contributed by atoms with van der Waals surface area (Å²) in [6.45, 7) is 2.33. The van der Waals surface area contributed by atoms with E-state index in [1.54, 1.807) is 12.2 Å². The number of carboxylic acids is 1. The Morgan fingerprint density at radius 1 is 1.53 bits per heavy atom. The first kappa shape index (κ1) is 11.7. The van der Waals surface area contributed by atoms with Crippen molar-refractivity contribution in [3.05, 3.63) is 12.2 Å². The van der Waals surface area contributed by atoms with Gasteiger partial charge in [0.15, 0.2) is 0 Å². The van der Waals surface area contributed by atoms with Gasteiger partial charge in [-0.25, -0.2) is 0 Å². The molecule has 0 saturated heterocycles. The van der Waals surface area contributed by atoms with Crippen LogP contribution >= 0.6 is 0 Å². The van der Waals surface area contributed by atoms with Crippen LogP contribution in [0, 0.1) is 5.92 Å². The van der Waals surface area contributed by atoms with Crippen molar-refractivity contribution in [1.29, 1.82) is 0 Å². The first-order valence-corrected chi connectivity index (χ1v) is 4.91. The van der Waals surface area contributed by atoms with E-state index in [-0.39, 0.29) is 18.6 Å². The van der Waals surface area contributed by atoms with Crippen molar-refractivity contribution in [3.8, 4) is 0 Å². The van der Waals surface area contributed by atoms with Crippen LogP contribution in [0.15, 0.2) is 12.2 Å². The van der Waals surface area contributed by atoms with Crippen molar-refractivity contribution in [1.82, 2.24) is 5.32 Å². The van der Waals surface area contributed by atoms with Crippen LogP contribution in [-0.4, -0.2) is 36.2 Å². The second-order valence-electron chi connectivity index (χ2n) is 3.38. The molecule has 2 N–H and O–H groups in total. The Bertz CT molecular complexity index is 275. The van der Waals surface area contributed by atoms with Gasteiger partial charge in [0.25, 0.3) is 0 Å². The monoisotopic (exact) mass is 213 g/mol. The van der Waals surface area contributed by atoms with Gasteiger partial charge in [-0.2, -0.15) is 0 Å². The molecule has 0 saturated carbocycles. The van der Waals surface area contributed by atoms with Gasteiger partial charge in [-0.3, -0.25) is 9.59 Å². The lowest BCUT2D eigenvalue weighted by molar-refractivity contribution is -0.140. The topological polar surface area (TPSA) is 75.6 Å². The molecule has 0 aromatic rings. The van der Waals surface area contributed by atoms with E-state index in [0.717, 1.165) is 0 Å². The number of carboxylic acid groups (broad SMARTS) is 1. The molecule has 0 radical (unpaired) electrons. The molecule has 0 bridgehead atoms. The highest BCUT2D eigenvalue weighted by atomic mass is 16.5. The maximum absolute atomic E-state index is 11.2. The lowest BCUT2D eigenvalue weighted by Gasteiger charge is -2.11. The summed E-state index contributed by atoms with van der Waals surface area (Å²) in [5.74, 6) is -1.55. The molecular formula is C10H15NO4. The number of nitrogens with one attached hydrogen (secondary N) is 1. The lowest BCUT2D eigenvalue weighted by atomic mass is 10.1. The second-order valence-corrected chi connectivity index (χ2v) is 3.38. The minimum absolute atomic E-state index is 0.0264. The van der Waals surface area contributed by atoms with E-state index in [9.17, 15) is 9.59 Å². The van der Waals surface area contributed by atoms with E-state index in [2.05, 4.69) is 5.32 Å². The predicted octanol–water partition coefficient (Wildman–Crippen LogP) is 0.168. The molecule has 0 aliphatic heterocycles. The third-order valence-electron chi connectivity index (χ3n) is 2.18. The van der Waals surface area contributed by atoms with Crippen LogP contribution in [-0.2, 0) is 14.3 Å². The molecule has 1 aliphatic rings. The summed E-state index contributed by atoms with van der Waals surface area (Å²) in [4.78, 5) is 21.8. The van der Waals surface area contributed by atoms with Crippen molar-refractivity contribution >= 4 is 11.9 Å². The molecule has 1 rings (SSSR count). The number of rotatable bonds is 5. The van der Waals surface area contributed by atoms with Gasteiger partial charge < -0.3 is 15.2 Å². The summed E-state index contributed by atoms with van der Waals surface area (Å²) >= 11 is 0. The van der Waals surface area contributed by atoms with Crippen molar-refractivity contribution in [2.24, 2.45) is 5.92 Å². The van der Waals surface area contributed by atoms with E-state index in [1.807, 2.05) is 6.92 Å². The highest BCUT2D eigenvalue weighted by Crippen LogP contribution is 2.17. The highest BCUT2D eigenvalue weighted by molar-refractivity contribution is 5.78. The summed E-state index contributed by atoms with van der Waals surface area (Å²) in [6.07, 6.45) is 3.74. The van der Waals surface area contributed by atoms with Crippen LogP contribution in [0.1, 0.15) is 13.3 Å². The normalized spacial score (nSPS) is 24.1. The zero-order valence-corrected chi connectivity index (χ0v) is 8.60. The Balaban J connectivity index is 2.27. The lowest BCUT2D eigenvalue weighted by Crippen LogP contribution is -2.35. The van der Waals surface area contributed by atoms with Gasteiger partial charge >= 0.3 is 5.97 Å². The molecule has 2 unspecified atom stereocenters. The molecule has 2 atom stereocenters. The SMILES string of the molecule is CCOCC(=O)NC1C=CC(C(=O)O)C1. The van der Waals surface area contributed by atoms with Gasteiger partial charge in [-0.15, -0.1) is 0 Å². The summed E-state index contributed by atoms with van der Waals surface area (Å²) in [5, 5.41) is 11.4. The zero-order valence-electron chi connectivity index (χ0n) is 8.60. The van der Waals surface area contributed by atoms with Crippen molar-refractivity contribution < 1.29 is 19.4 Å². The Morgan fingerprint density at radius 3 is 2.80 bits per heavy atom. The van der Waals surface area contributed by atoms with Gasteiger partial charge in [-0.1, -0.05) is 12.2 Å². The minimum atomic E-state index is -0.854. The summed E-state index contributed by atoms with van der Waals surface area (Å²) in [7, 11) is 0. The Kier molecular flexibility index (Phi) is 4.30. The van der Waals surface area contributed by atoms with Gasteiger partial charge in [0.2, 0.25) is 5.91 Å². The van der Waals surface area contributed by atoms with Crippen molar-refractivity contribution in [3.63, 3.8) is 0 Å². The van der Waals surface area contributed by atoms with E-state index in [4.69, 9.17) is 9.84 Å². The summed E-state index contributed by atoms with van der Waals surface area (Å²) < 4.78 is 4.93. The maximum atomic E-state index is 11.2. The van der Waals surface area contributed by atoms with Crippen molar-refractivity contribution in [2.75, 3.05) is 13.2 Å². The standard InChI is InChI=1S/C10H15NO4/c1-2-15-6-9(12)11-8-4-3-7(5-8)10(13)14/h3-4,7-8H,2,5-6H2,1H3,(H,11,12)(H,13,14). The number of ether oxygens (including phenoxy) is 1. The van der Waals surface area contributed by atoms with Crippen molar-refractivity contribution in [2.45, 2.75) is 19.4 Å². The second kappa shape index (κ2) is 5.50. The third-order valence-corrected chi connectivity index (χ3v) is 2.18. The smallest absolute Gasteiger partial charge is 0.310 e. The summed E-state index contributed by atoms with van der Waals surface area (Å²) in [6, 6.07) is -0.181. The molecule has 0 aromatic carbocycles. The molecule has 0 spiro atoms. The van der Waals surface area contributed by atoms with Crippen LogP contribution in [0.5, 0.6) is 0 Å². The van der Waals surface area contributed by atoms with Gasteiger partial charge in [0.1, 0.15) is 6.61 Å². The largest absolute Gasteiger partial charge is 0.481 e. The van der Waals surface area contributed by atoms with Gasteiger partial charge in [0, 0.05) is 12.6 Å². The fraction of sp³-hybridized carbons (Fsp3) is 0.600. The average molecular weight is 213 g/mol. The molecule has 0 heterocycles. The molecule has 84 valence electrons. The molecule has 5 heteroatoms. The molecule has 15 heavy (non-hydrogen) atoms. The number of hydrogen-bond donors (Lipinski definition) is 2. The van der Waals surface area contributed by atoms with E-state index in [1.165, 1.54) is 0 Å². The molecule has 0 fully saturated rings. The van der Waals surface area contributed by atoms with Gasteiger partial charge in [-0.05, 0) is 13.3 Å². The average Bonchev–Trinajstić information content (AvgIpc) is 2.63. The Labute approximate surface area is 88.1 Å². The van der Waals surface area contributed by atoms with Crippen LogP contribution in [0.25, 0.3) is 0 Å². The number of hydrogen-bond acceptors (Lipinski definition) is 3. The number of carbonyl (C=O) groups excluding carboxylic acids is 1. The van der Waals surface area contributed by atoms with Gasteiger partial charge in [0.05, 0.1) is 5.92 Å². The fourth-order valence-electron chi connectivity index (χ4n) is 1.43. The Hall–Kier alpha value is -1.36. The van der Waals surface area contributed by atoms with Crippen LogP contribution < -0.4 is 5.32 Å². The highest BCUT2D eigenvalue weighted by Gasteiger charge is 2.25. The van der Waals surface area contributed by atoms with E-state index < -0.39 is 11.9 Å². The quantitative estimate of drug-likeness (QED) is 0.638. The van der Waals surface area contributed by atoms with Crippen LogP contribution in [0.2, 0.25) is 0 Å². The summed E-state index contributed by atoms with van der Waals surface area (Å²) in [5.41, 5.74) is 0. The Morgan fingerprint density at radius 2 is 2.27 bits per heavy atom. The zero-order chi connectivity index (χ0) is 11.3.